The van der Waals surface area contributed by atoms with E-state index in [0.717, 1.165) is 12.8 Å². The predicted octanol–water partition coefficient (Wildman–Crippen LogP) is 2.15. The summed E-state index contributed by atoms with van der Waals surface area (Å²) >= 11 is 0. The summed E-state index contributed by atoms with van der Waals surface area (Å²) in [5, 5.41) is 9.61. The summed E-state index contributed by atoms with van der Waals surface area (Å²) in [7, 11) is 1.44. The Morgan fingerprint density at radius 1 is 1.21 bits per heavy atom. The average Bonchev–Trinajstić information content (AvgIpc) is 3.49. The highest BCUT2D eigenvalue weighted by atomic mass is 19.1. The molecule has 1 saturated carbocycles. The van der Waals surface area contributed by atoms with Crippen molar-refractivity contribution in [3.05, 3.63) is 29.6 Å². The minimum atomic E-state index is -0.959. The van der Waals surface area contributed by atoms with Crippen LogP contribution in [0.4, 0.5) is 4.39 Å². The summed E-state index contributed by atoms with van der Waals surface area (Å²) in [5.41, 5.74) is -0.0972. The maximum atomic E-state index is 13.6. The number of ether oxygens (including phenoxy) is 1. The topological polar surface area (TPSA) is 87.2 Å². The number of benzene rings is 1. The van der Waals surface area contributed by atoms with E-state index in [2.05, 4.69) is 0 Å². The number of carbonyl (C=O) groups excluding carboxylic acids is 2. The lowest BCUT2D eigenvalue weighted by Crippen LogP contribution is -2.45. The molecule has 156 valence electrons. The van der Waals surface area contributed by atoms with Crippen LogP contribution in [0.25, 0.3) is 0 Å². The second-order valence-electron chi connectivity index (χ2n) is 8.44. The fourth-order valence-electron chi connectivity index (χ4n) is 4.64. The van der Waals surface area contributed by atoms with Crippen LogP contribution < -0.4 is 4.74 Å². The Balaban J connectivity index is 1.46. The second-order valence-corrected chi connectivity index (χ2v) is 8.44. The monoisotopic (exact) mass is 404 g/mol. The third kappa shape index (κ3) is 3.68. The highest BCUT2D eigenvalue weighted by Gasteiger charge is 2.52. The molecule has 0 bridgehead atoms. The molecule has 2 saturated heterocycles. The molecule has 7 nitrogen and oxygen atoms in total. The summed E-state index contributed by atoms with van der Waals surface area (Å²) in [6, 6.07) is 3.08. The number of rotatable bonds is 4. The molecule has 29 heavy (non-hydrogen) atoms. The molecule has 1 aromatic carbocycles. The largest absolute Gasteiger partial charge is 0.496 e. The standard InChI is InChI=1S/C21H25FN2O5/c1-29-17-5-4-14(22)10-15(17)19(26)23-8-6-21(7-9-23)11-16(20(27)28)24(12-21)18(25)13-2-3-13/h4-5,10,13,16H,2-3,6-9,11-12H2,1H3,(H,27,28)/t16-/m0/s1. The fraction of sp³-hybridized carbons (Fsp3) is 0.571. The van der Waals surface area contributed by atoms with Crippen molar-refractivity contribution < 1.29 is 28.6 Å². The molecule has 1 aliphatic carbocycles. The van der Waals surface area contributed by atoms with Crippen molar-refractivity contribution in [3.63, 3.8) is 0 Å². The van der Waals surface area contributed by atoms with Crippen LogP contribution in [0.2, 0.25) is 0 Å². The SMILES string of the molecule is COc1ccc(F)cc1C(=O)N1CCC2(CC1)C[C@@H](C(=O)O)N(C(=O)C1CC1)C2. The summed E-state index contributed by atoms with van der Waals surface area (Å²) in [4.78, 5) is 40.4. The molecule has 1 N–H and O–H groups in total. The molecular weight excluding hydrogens is 379 g/mol. The van der Waals surface area contributed by atoms with Crippen molar-refractivity contribution in [1.82, 2.24) is 9.80 Å². The van der Waals surface area contributed by atoms with E-state index in [0.29, 0.717) is 44.6 Å². The number of methoxy groups -OCH3 is 1. The fourth-order valence-corrected chi connectivity index (χ4v) is 4.64. The number of carbonyl (C=O) groups is 3. The quantitative estimate of drug-likeness (QED) is 0.831. The van der Waals surface area contributed by atoms with Crippen LogP contribution in [0, 0.1) is 17.2 Å². The minimum Gasteiger partial charge on any atom is -0.496 e. The van der Waals surface area contributed by atoms with Gasteiger partial charge in [0.25, 0.3) is 5.91 Å². The number of halogens is 1. The van der Waals surface area contributed by atoms with Gasteiger partial charge in [-0.05, 0) is 55.7 Å². The van der Waals surface area contributed by atoms with Crippen LogP contribution in [0.5, 0.6) is 5.75 Å². The number of hydrogen-bond acceptors (Lipinski definition) is 4. The highest BCUT2D eigenvalue weighted by Crippen LogP contribution is 2.45. The molecule has 0 radical (unpaired) electrons. The van der Waals surface area contributed by atoms with Gasteiger partial charge in [0.15, 0.2) is 0 Å². The van der Waals surface area contributed by atoms with Gasteiger partial charge in [0.2, 0.25) is 5.91 Å². The first-order chi connectivity index (χ1) is 13.8. The van der Waals surface area contributed by atoms with Crippen molar-refractivity contribution in [3.8, 4) is 5.75 Å². The molecule has 2 heterocycles. The number of likely N-dealkylation sites (tertiary alicyclic amines) is 2. The van der Waals surface area contributed by atoms with Gasteiger partial charge in [0, 0.05) is 25.6 Å². The van der Waals surface area contributed by atoms with Crippen LogP contribution in [-0.4, -0.2) is 65.5 Å². The molecule has 2 aliphatic heterocycles. The third-order valence-electron chi connectivity index (χ3n) is 6.51. The molecule has 3 fully saturated rings. The average molecular weight is 404 g/mol. The van der Waals surface area contributed by atoms with Crippen molar-refractivity contribution in [2.75, 3.05) is 26.7 Å². The molecule has 0 unspecified atom stereocenters. The molecular formula is C21H25FN2O5. The van der Waals surface area contributed by atoms with Crippen molar-refractivity contribution in [2.45, 2.75) is 38.1 Å². The van der Waals surface area contributed by atoms with Crippen molar-refractivity contribution >= 4 is 17.8 Å². The highest BCUT2D eigenvalue weighted by molar-refractivity contribution is 5.97. The zero-order chi connectivity index (χ0) is 20.8. The summed E-state index contributed by atoms with van der Waals surface area (Å²) in [6.45, 7) is 1.32. The van der Waals surface area contributed by atoms with Crippen LogP contribution in [0.3, 0.4) is 0 Å². The zero-order valence-electron chi connectivity index (χ0n) is 16.4. The molecule has 1 spiro atoms. The molecule has 1 atom stereocenters. The maximum Gasteiger partial charge on any atom is 0.326 e. The lowest BCUT2D eigenvalue weighted by molar-refractivity contribution is -0.148. The van der Waals surface area contributed by atoms with E-state index in [-0.39, 0.29) is 28.7 Å². The van der Waals surface area contributed by atoms with Crippen LogP contribution in [0.1, 0.15) is 42.5 Å². The van der Waals surface area contributed by atoms with Gasteiger partial charge in [-0.2, -0.15) is 0 Å². The molecule has 8 heteroatoms. The Labute approximate surface area is 168 Å². The van der Waals surface area contributed by atoms with Crippen LogP contribution in [-0.2, 0) is 9.59 Å². The van der Waals surface area contributed by atoms with E-state index in [1.165, 1.54) is 25.3 Å². The van der Waals surface area contributed by atoms with Gasteiger partial charge in [-0.3, -0.25) is 9.59 Å². The van der Waals surface area contributed by atoms with E-state index in [1.807, 2.05) is 0 Å². The van der Waals surface area contributed by atoms with E-state index in [1.54, 1.807) is 9.80 Å². The number of nitrogens with zero attached hydrogens (tertiary/aromatic N) is 2. The Hall–Kier alpha value is -2.64. The van der Waals surface area contributed by atoms with Gasteiger partial charge in [-0.25, -0.2) is 9.18 Å². The first-order valence-electron chi connectivity index (χ1n) is 10.00. The second kappa shape index (κ2) is 7.31. The number of aliphatic carboxylic acids is 1. The van der Waals surface area contributed by atoms with Gasteiger partial charge >= 0.3 is 5.97 Å². The van der Waals surface area contributed by atoms with Crippen molar-refractivity contribution in [2.24, 2.45) is 11.3 Å². The summed E-state index contributed by atoms with van der Waals surface area (Å²) in [6.07, 6.45) is 3.34. The summed E-state index contributed by atoms with van der Waals surface area (Å²) < 4.78 is 18.8. The van der Waals surface area contributed by atoms with E-state index in [4.69, 9.17) is 4.74 Å². The van der Waals surface area contributed by atoms with Crippen LogP contribution >= 0.6 is 0 Å². The van der Waals surface area contributed by atoms with Gasteiger partial charge in [0.1, 0.15) is 17.6 Å². The van der Waals surface area contributed by atoms with Gasteiger partial charge in [-0.1, -0.05) is 0 Å². The third-order valence-corrected chi connectivity index (χ3v) is 6.51. The lowest BCUT2D eigenvalue weighted by atomic mass is 9.76. The Morgan fingerprint density at radius 3 is 2.48 bits per heavy atom. The smallest absolute Gasteiger partial charge is 0.326 e. The first-order valence-corrected chi connectivity index (χ1v) is 10.00. The first kappa shape index (κ1) is 19.7. The molecule has 0 aromatic heterocycles. The van der Waals surface area contributed by atoms with Gasteiger partial charge < -0.3 is 19.6 Å². The molecule has 4 rings (SSSR count). The summed E-state index contributed by atoms with van der Waals surface area (Å²) in [5.74, 6) is -1.50. The number of carboxylic acid groups (broad SMARTS) is 1. The van der Waals surface area contributed by atoms with Crippen LogP contribution in [0.15, 0.2) is 18.2 Å². The van der Waals surface area contributed by atoms with E-state index < -0.39 is 17.8 Å². The minimum absolute atomic E-state index is 0.0193. The zero-order valence-corrected chi connectivity index (χ0v) is 16.4. The molecule has 3 aliphatic rings. The predicted molar refractivity (Wildman–Crippen MR) is 101 cm³/mol. The lowest BCUT2D eigenvalue weighted by Gasteiger charge is -2.39. The van der Waals surface area contributed by atoms with Gasteiger partial charge in [0.05, 0.1) is 12.7 Å². The Kier molecular flexibility index (Phi) is 4.96. The molecule has 2 amide bonds. The van der Waals surface area contributed by atoms with E-state index >= 15 is 0 Å². The number of amides is 2. The molecule has 1 aromatic rings. The maximum absolute atomic E-state index is 13.6. The normalized spacial score (nSPS) is 23.3. The Morgan fingerprint density at radius 2 is 1.90 bits per heavy atom. The Bertz CT molecular complexity index is 845. The number of hydrogen-bond donors (Lipinski definition) is 1. The van der Waals surface area contributed by atoms with E-state index in [9.17, 15) is 23.9 Å². The van der Waals surface area contributed by atoms with Crippen molar-refractivity contribution in [1.29, 1.82) is 0 Å². The number of carboxylic acids is 1. The van der Waals surface area contributed by atoms with Gasteiger partial charge in [-0.15, -0.1) is 0 Å². The number of piperidine rings is 1.